The Bertz CT molecular complexity index is 1070. The molecule has 218 valence electrons. The maximum atomic E-state index is 13.2. The van der Waals surface area contributed by atoms with E-state index in [1.54, 1.807) is 0 Å². The van der Waals surface area contributed by atoms with Gasteiger partial charge in [-0.05, 0) is 77.3 Å². The fourth-order valence-electron chi connectivity index (χ4n) is 6.50. The molecule has 6 nitrogen and oxygen atoms in total. The Morgan fingerprint density at radius 3 is 2.17 bits per heavy atom. The Kier molecular flexibility index (Phi) is 10.7. The molecule has 3 aliphatic rings. The number of fused-ring (bicyclic) bond motifs is 1. The van der Waals surface area contributed by atoms with Gasteiger partial charge in [0.15, 0.2) is 0 Å². The number of nitrogens with one attached hydrogen (secondary N) is 2. The molecule has 5 rings (SSSR count). The van der Waals surface area contributed by atoms with Crippen molar-refractivity contribution in [3.05, 3.63) is 66.2 Å². The molecule has 2 aromatic rings. The number of likely N-dealkylation sites (tertiary alicyclic amines) is 2. The van der Waals surface area contributed by atoms with Crippen LogP contribution in [0.2, 0.25) is 0 Å². The zero-order valence-corrected chi connectivity index (χ0v) is 25.1. The third-order valence-corrected chi connectivity index (χ3v) is 8.53. The molecule has 40 heavy (non-hydrogen) atoms. The largest absolute Gasteiger partial charge is 0.374 e. The maximum absolute atomic E-state index is 13.2. The number of amides is 2. The highest BCUT2D eigenvalue weighted by atomic mass is 16.2. The number of anilines is 1. The van der Waals surface area contributed by atoms with E-state index in [0.717, 1.165) is 57.0 Å². The summed E-state index contributed by atoms with van der Waals surface area (Å²) in [5.41, 5.74) is 2.11. The van der Waals surface area contributed by atoms with Crippen molar-refractivity contribution in [2.75, 3.05) is 31.5 Å². The molecule has 2 amide bonds. The van der Waals surface area contributed by atoms with E-state index in [4.69, 9.17) is 0 Å². The van der Waals surface area contributed by atoms with Crippen molar-refractivity contribution in [2.45, 2.75) is 90.3 Å². The second kappa shape index (κ2) is 14.2. The van der Waals surface area contributed by atoms with Crippen LogP contribution < -0.4 is 10.6 Å². The van der Waals surface area contributed by atoms with Crippen molar-refractivity contribution in [1.29, 1.82) is 0 Å². The number of para-hydroxylation sites is 1. The number of hydrogen-bond donors (Lipinski definition) is 2. The standard InChI is InChI=1S/C27H42N4O2.C7H8/c1-27(2,3)29-25(32)24-18-20-10-7-8-11-21(20)19-31(24)16-9-15-30-17-14-23(26(30)33)28-22-12-5-4-6-13-22;1-7-5-3-2-4-6-7/h4-6,12-13,20-21,23-24,28H,7-11,14-19H2,1-3H3,(H,29,32);2-6H,1H3. The first kappa shape index (κ1) is 30.1. The predicted molar refractivity (Wildman–Crippen MR) is 164 cm³/mol. The van der Waals surface area contributed by atoms with Crippen LogP contribution in [0.5, 0.6) is 0 Å². The van der Waals surface area contributed by atoms with Gasteiger partial charge in [-0.3, -0.25) is 14.5 Å². The Hall–Kier alpha value is -2.86. The van der Waals surface area contributed by atoms with Crippen LogP contribution in [0.15, 0.2) is 60.7 Å². The van der Waals surface area contributed by atoms with Gasteiger partial charge in [-0.1, -0.05) is 73.4 Å². The van der Waals surface area contributed by atoms with E-state index in [1.807, 2.05) is 53.4 Å². The zero-order valence-electron chi connectivity index (χ0n) is 25.1. The minimum absolute atomic E-state index is 0.0367. The lowest BCUT2D eigenvalue weighted by Gasteiger charge is -2.46. The van der Waals surface area contributed by atoms with Crippen molar-refractivity contribution in [3.63, 3.8) is 0 Å². The molecule has 0 aromatic heterocycles. The summed E-state index contributed by atoms with van der Waals surface area (Å²) in [6.45, 7) is 11.7. The summed E-state index contributed by atoms with van der Waals surface area (Å²) in [5, 5.41) is 6.61. The molecule has 2 N–H and O–H groups in total. The number of benzene rings is 2. The number of nitrogens with zero attached hydrogens (tertiary/aromatic N) is 2. The van der Waals surface area contributed by atoms with Gasteiger partial charge in [-0.15, -0.1) is 0 Å². The average Bonchev–Trinajstić information content (AvgIpc) is 3.27. The molecule has 0 spiro atoms. The summed E-state index contributed by atoms with van der Waals surface area (Å²) in [5.74, 6) is 1.80. The van der Waals surface area contributed by atoms with Crippen LogP contribution >= 0.6 is 0 Å². The first-order valence-electron chi connectivity index (χ1n) is 15.4. The number of piperidine rings is 1. The van der Waals surface area contributed by atoms with Crippen LogP contribution in [0, 0.1) is 18.8 Å². The van der Waals surface area contributed by atoms with Gasteiger partial charge in [0.2, 0.25) is 11.8 Å². The highest BCUT2D eigenvalue weighted by molar-refractivity contribution is 5.86. The fourth-order valence-corrected chi connectivity index (χ4v) is 6.50. The SMILES string of the molecule is CC(C)(C)NC(=O)C1CC2CCCCC2CN1CCCN1CCC(Nc2ccccc2)C1=O.Cc1ccccc1. The number of carbonyl (C=O) groups excluding carboxylic acids is 2. The molecule has 4 unspecified atom stereocenters. The lowest BCUT2D eigenvalue weighted by Crippen LogP contribution is -2.57. The number of carbonyl (C=O) groups is 2. The summed E-state index contributed by atoms with van der Waals surface area (Å²) in [7, 11) is 0. The smallest absolute Gasteiger partial charge is 0.245 e. The summed E-state index contributed by atoms with van der Waals surface area (Å²) >= 11 is 0. The van der Waals surface area contributed by atoms with Crippen molar-refractivity contribution >= 4 is 17.5 Å². The zero-order chi connectivity index (χ0) is 28.5. The first-order chi connectivity index (χ1) is 19.2. The molecular weight excluding hydrogens is 496 g/mol. The Labute approximate surface area is 241 Å². The lowest BCUT2D eigenvalue weighted by atomic mass is 9.72. The molecule has 2 saturated heterocycles. The topological polar surface area (TPSA) is 64.7 Å². The maximum Gasteiger partial charge on any atom is 0.245 e. The highest BCUT2D eigenvalue weighted by Crippen LogP contribution is 2.38. The second-order valence-corrected chi connectivity index (χ2v) is 13.0. The first-order valence-corrected chi connectivity index (χ1v) is 15.4. The number of hydrogen-bond acceptors (Lipinski definition) is 4. The Morgan fingerprint density at radius 2 is 1.55 bits per heavy atom. The molecule has 4 atom stereocenters. The predicted octanol–water partition coefficient (Wildman–Crippen LogP) is 5.88. The minimum Gasteiger partial charge on any atom is -0.374 e. The van der Waals surface area contributed by atoms with Crippen molar-refractivity contribution in [1.82, 2.24) is 15.1 Å². The van der Waals surface area contributed by atoms with Crippen LogP contribution in [-0.4, -0.2) is 65.4 Å². The number of aryl methyl sites for hydroxylation is 1. The van der Waals surface area contributed by atoms with Gasteiger partial charge in [-0.2, -0.15) is 0 Å². The average molecular weight is 547 g/mol. The quantitative estimate of drug-likeness (QED) is 0.455. The van der Waals surface area contributed by atoms with E-state index in [2.05, 4.69) is 55.4 Å². The Balaban J connectivity index is 0.000000461. The van der Waals surface area contributed by atoms with E-state index in [-0.39, 0.29) is 29.4 Å². The van der Waals surface area contributed by atoms with Gasteiger partial charge >= 0.3 is 0 Å². The third-order valence-electron chi connectivity index (χ3n) is 8.53. The second-order valence-electron chi connectivity index (χ2n) is 13.0. The van der Waals surface area contributed by atoms with Crippen molar-refractivity contribution < 1.29 is 9.59 Å². The van der Waals surface area contributed by atoms with Gasteiger partial charge < -0.3 is 15.5 Å². The molecule has 1 saturated carbocycles. The minimum atomic E-state index is -0.213. The molecule has 6 heteroatoms. The lowest BCUT2D eigenvalue weighted by molar-refractivity contribution is -0.132. The van der Waals surface area contributed by atoms with Gasteiger partial charge in [0.05, 0.1) is 6.04 Å². The van der Waals surface area contributed by atoms with E-state index < -0.39 is 0 Å². The van der Waals surface area contributed by atoms with Crippen LogP contribution in [0.3, 0.4) is 0 Å². The van der Waals surface area contributed by atoms with Gasteiger partial charge in [0.25, 0.3) is 0 Å². The molecule has 3 fully saturated rings. The molecule has 0 bridgehead atoms. The van der Waals surface area contributed by atoms with E-state index in [1.165, 1.54) is 31.2 Å². The summed E-state index contributed by atoms with van der Waals surface area (Å²) in [6, 6.07) is 20.1. The van der Waals surface area contributed by atoms with Crippen LogP contribution in [0.25, 0.3) is 0 Å². The van der Waals surface area contributed by atoms with Gasteiger partial charge in [0.1, 0.15) is 6.04 Å². The van der Waals surface area contributed by atoms with Crippen LogP contribution in [0.4, 0.5) is 5.69 Å². The third kappa shape index (κ3) is 8.82. The van der Waals surface area contributed by atoms with E-state index in [0.29, 0.717) is 5.92 Å². The van der Waals surface area contributed by atoms with Crippen LogP contribution in [0.1, 0.15) is 71.3 Å². The molecule has 0 radical (unpaired) electrons. The van der Waals surface area contributed by atoms with Gasteiger partial charge in [0, 0.05) is 37.4 Å². The number of rotatable bonds is 7. The summed E-state index contributed by atoms with van der Waals surface area (Å²) in [4.78, 5) is 30.5. The van der Waals surface area contributed by atoms with Gasteiger partial charge in [-0.25, -0.2) is 0 Å². The van der Waals surface area contributed by atoms with E-state index >= 15 is 0 Å². The van der Waals surface area contributed by atoms with Crippen molar-refractivity contribution in [3.8, 4) is 0 Å². The van der Waals surface area contributed by atoms with Crippen LogP contribution in [-0.2, 0) is 9.59 Å². The fraction of sp³-hybridized carbons (Fsp3) is 0.588. The van der Waals surface area contributed by atoms with E-state index in [9.17, 15) is 9.59 Å². The molecule has 1 aliphatic carbocycles. The summed E-state index contributed by atoms with van der Waals surface area (Å²) in [6.07, 6.45) is 7.95. The molecule has 2 aromatic carbocycles. The summed E-state index contributed by atoms with van der Waals surface area (Å²) < 4.78 is 0. The Morgan fingerprint density at radius 1 is 0.900 bits per heavy atom. The van der Waals surface area contributed by atoms with Crippen molar-refractivity contribution in [2.24, 2.45) is 11.8 Å². The molecule has 2 aliphatic heterocycles. The molecular formula is C34H50N4O2. The molecule has 2 heterocycles. The normalized spacial score (nSPS) is 25.0. The highest BCUT2D eigenvalue weighted by Gasteiger charge is 2.40. The monoisotopic (exact) mass is 546 g/mol.